The predicted molar refractivity (Wildman–Crippen MR) is 52.0 cm³/mol. The summed E-state index contributed by atoms with van der Waals surface area (Å²) in [6.45, 7) is 0. The van der Waals surface area contributed by atoms with Crippen LogP contribution in [0.3, 0.4) is 0 Å². The van der Waals surface area contributed by atoms with Gasteiger partial charge in [-0.15, -0.1) is 0 Å². The van der Waals surface area contributed by atoms with Crippen molar-refractivity contribution in [2.75, 3.05) is 7.11 Å². The molecule has 15 heavy (non-hydrogen) atoms. The second-order valence-electron chi connectivity index (χ2n) is 2.72. The molecule has 1 aromatic carbocycles. The van der Waals surface area contributed by atoms with Gasteiger partial charge in [0, 0.05) is 4.91 Å². The number of rotatable bonds is 3. The lowest BCUT2D eigenvalue weighted by atomic mass is 10.1. The van der Waals surface area contributed by atoms with E-state index in [1.807, 2.05) is 0 Å². The Labute approximate surface area is 85.7 Å². The molecule has 0 bridgehead atoms. The second-order valence-corrected chi connectivity index (χ2v) is 2.72. The minimum atomic E-state index is -1.01. The van der Waals surface area contributed by atoms with Crippen LogP contribution in [0.2, 0.25) is 0 Å². The van der Waals surface area contributed by atoms with Gasteiger partial charge in [0.1, 0.15) is 5.75 Å². The third-order valence-corrected chi connectivity index (χ3v) is 1.80. The summed E-state index contributed by atoms with van der Waals surface area (Å²) < 4.78 is 4.48. The molecule has 1 N–H and O–H groups in total. The first-order valence-electron chi connectivity index (χ1n) is 4.10. The van der Waals surface area contributed by atoms with Crippen molar-refractivity contribution < 1.29 is 14.6 Å². The molecule has 1 unspecified atom stereocenters. The fraction of sp³-hybridized carbons (Fsp3) is 0.222. The SMILES string of the molecule is COC(=O)C(N=[N+]=[N-])c1ccc(O)cc1. The Morgan fingerprint density at radius 1 is 1.53 bits per heavy atom. The average Bonchev–Trinajstić information content (AvgIpc) is 2.26. The van der Waals surface area contributed by atoms with E-state index in [1.165, 1.54) is 31.4 Å². The van der Waals surface area contributed by atoms with E-state index in [0.29, 0.717) is 5.56 Å². The Bertz CT molecular complexity index is 396. The van der Waals surface area contributed by atoms with Crippen molar-refractivity contribution in [3.05, 3.63) is 40.3 Å². The van der Waals surface area contributed by atoms with E-state index in [-0.39, 0.29) is 5.75 Å². The summed E-state index contributed by atoms with van der Waals surface area (Å²) in [6.07, 6.45) is 0. The summed E-state index contributed by atoms with van der Waals surface area (Å²) in [7, 11) is 1.21. The third-order valence-electron chi connectivity index (χ3n) is 1.80. The van der Waals surface area contributed by atoms with Gasteiger partial charge in [0.15, 0.2) is 6.04 Å². The molecule has 0 heterocycles. The molecule has 0 aliphatic heterocycles. The lowest BCUT2D eigenvalue weighted by Gasteiger charge is -2.08. The van der Waals surface area contributed by atoms with Gasteiger partial charge in [-0.25, -0.2) is 0 Å². The fourth-order valence-electron chi connectivity index (χ4n) is 1.07. The maximum atomic E-state index is 11.2. The minimum Gasteiger partial charge on any atom is -0.508 e. The molecule has 0 saturated carbocycles. The number of carbonyl (C=O) groups is 1. The van der Waals surface area contributed by atoms with Crippen LogP contribution < -0.4 is 0 Å². The molecular weight excluding hydrogens is 198 g/mol. The van der Waals surface area contributed by atoms with Crippen LogP contribution in [0.15, 0.2) is 29.4 Å². The first-order chi connectivity index (χ1) is 7.19. The fourth-order valence-corrected chi connectivity index (χ4v) is 1.07. The highest BCUT2D eigenvalue weighted by Gasteiger charge is 2.19. The van der Waals surface area contributed by atoms with Gasteiger partial charge in [0.25, 0.3) is 0 Å². The first kappa shape index (κ1) is 10.9. The Kier molecular flexibility index (Phi) is 3.54. The van der Waals surface area contributed by atoms with E-state index < -0.39 is 12.0 Å². The number of carbonyl (C=O) groups excluding carboxylic acids is 1. The monoisotopic (exact) mass is 207 g/mol. The van der Waals surface area contributed by atoms with Crippen LogP contribution in [0, 0.1) is 0 Å². The summed E-state index contributed by atoms with van der Waals surface area (Å²) in [4.78, 5) is 13.8. The van der Waals surface area contributed by atoms with Crippen LogP contribution in [0.1, 0.15) is 11.6 Å². The van der Waals surface area contributed by atoms with Crippen molar-refractivity contribution in [3.8, 4) is 5.75 Å². The number of phenols is 1. The predicted octanol–water partition coefficient (Wildman–Crippen LogP) is 1.92. The molecule has 1 atom stereocenters. The molecule has 1 rings (SSSR count). The maximum Gasteiger partial charge on any atom is 0.319 e. The van der Waals surface area contributed by atoms with Gasteiger partial charge in [-0.1, -0.05) is 17.2 Å². The van der Waals surface area contributed by atoms with Crippen LogP contribution in [-0.4, -0.2) is 18.2 Å². The number of benzene rings is 1. The van der Waals surface area contributed by atoms with E-state index in [1.54, 1.807) is 0 Å². The molecule has 0 aromatic heterocycles. The molecule has 0 aliphatic carbocycles. The van der Waals surface area contributed by atoms with Crippen molar-refractivity contribution in [2.45, 2.75) is 6.04 Å². The van der Waals surface area contributed by atoms with E-state index in [0.717, 1.165) is 0 Å². The minimum absolute atomic E-state index is 0.0725. The molecule has 0 fully saturated rings. The van der Waals surface area contributed by atoms with Gasteiger partial charge < -0.3 is 9.84 Å². The van der Waals surface area contributed by atoms with Gasteiger partial charge in [0.2, 0.25) is 0 Å². The molecular formula is C9H9N3O3. The lowest BCUT2D eigenvalue weighted by molar-refractivity contribution is -0.142. The second kappa shape index (κ2) is 4.88. The number of azide groups is 1. The zero-order chi connectivity index (χ0) is 11.3. The molecule has 0 saturated heterocycles. The van der Waals surface area contributed by atoms with Gasteiger partial charge in [-0.2, -0.15) is 0 Å². The number of ether oxygens (including phenoxy) is 1. The smallest absolute Gasteiger partial charge is 0.319 e. The summed E-state index contributed by atoms with van der Waals surface area (Å²) >= 11 is 0. The Balaban J connectivity index is 3.04. The van der Waals surface area contributed by atoms with Gasteiger partial charge in [-0.3, -0.25) is 4.79 Å². The quantitative estimate of drug-likeness (QED) is 0.355. The summed E-state index contributed by atoms with van der Waals surface area (Å²) in [5, 5.41) is 12.4. The topological polar surface area (TPSA) is 95.3 Å². The van der Waals surface area contributed by atoms with Gasteiger partial charge in [-0.05, 0) is 23.2 Å². The van der Waals surface area contributed by atoms with Crippen molar-refractivity contribution in [1.82, 2.24) is 0 Å². The van der Waals surface area contributed by atoms with Gasteiger partial charge >= 0.3 is 5.97 Å². The number of nitrogens with zero attached hydrogens (tertiary/aromatic N) is 3. The number of esters is 1. The maximum absolute atomic E-state index is 11.2. The van der Waals surface area contributed by atoms with E-state index in [9.17, 15) is 4.79 Å². The highest BCUT2D eigenvalue weighted by molar-refractivity contribution is 5.77. The van der Waals surface area contributed by atoms with E-state index >= 15 is 0 Å². The lowest BCUT2D eigenvalue weighted by Crippen LogP contribution is -2.11. The van der Waals surface area contributed by atoms with Crippen LogP contribution >= 0.6 is 0 Å². The number of hydrogen-bond donors (Lipinski definition) is 1. The normalized spacial score (nSPS) is 11.3. The molecule has 78 valence electrons. The van der Waals surface area contributed by atoms with Crippen molar-refractivity contribution in [3.63, 3.8) is 0 Å². The van der Waals surface area contributed by atoms with E-state index in [4.69, 9.17) is 10.6 Å². The summed E-state index contributed by atoms with van der Waals surface area (Å²) in [5.41, 5.74) is 8.77. The average molecular weight is 207 g/mol. The van der Waals surface area contributed by atoms with Crippen molar-refractivity contribution in [2.24, 2.45) is 5.11 Å². The molecule has 6 nitrogen and oxygen atoms in total. The molecule has 0 aliphatic rings. The Hall–Kier alpha value is -2.20. The highest BCUT2D eigenvalue weighted by Crippen LogP contribution is 2.21. The van der Waals surface area contributed by atoms with Crippen LogP contribution in [-0.2, 0) is 9.53 Å². The summed E-state index contributed by atoms with van der Waals surface area (Å²) in [5.74, 6) is -0.568. The van der Waals surface area contributed by atoms with Crippen LogP contribution in [0.4, 0.5) is 0 Å². The highest BCUT2D eigenvalue weighted by atomic mass is 16.5. The van der Waals surface area contributed by atoms with Gasteiger partial charge in [0.05, 0.1) is 7.11 Å². The summed E-state index contributed by atoms with van der Waals surface area (Å²) in [6, 6.07) is 4.77. The van der Waals surface area contributed by atoms with E-state index in [2.05, 4.69) is 14.8 Å². The van der Waals surface area contributed by atoms with Crippen molar-refractivity contribution >= 4 is 5.97 Å². The number of phenolic OH excluding ortho intramolecular Hbond substituents is 1. The molecule has 0 amide bonds. The van der Waals surface area contributed by atoms with Crippen molar-refractivity contribution in [1.29, 1.82) is 0 Å². The largest absolute Gasteiger partial charge is 0.508 e. The Morgan fingerprint density at radius 2 is 2.13 bits per heavy atom. The van der Waals surface area contributed by atoms with Crippen LogP contribution in [0.5, 0.6) is 5.75 Å². The molecule has 1 aromatic rings. The standard InChI is InChI=1S/C9H9N3O3/c1-15-9(14)8(11-12-10)6-2-4-7(13)5-3-6/h2-5,8,13H,1H3. The molecule has 0 radical (unpaired) electrons. The molecule has 0 spiro atoms. The number of methoxy groups -OCH3 is 1. The first-order valence-corrected chi connectivity index (χ1v) is 4.10. The number of aromatic hydroxyl groups is 1. The Morgan fingerprint density at radius 3 is 2.60 bits per heavy atom. The zero-order valence-corrected chi connectivity index (χ0v) is 7.99. The molecule has 6 heteroatoms. The third kappa shape index (κ3) is 2.62. The number of hydrogen-bond acceptors (Lipinski definition) is 4. The van der Waals surface area contributed by atoms with Crippen LogP contribution in [0.25, 0.3) is 10.4 Å². The zero-order valence-electron chi connectivity index (χ0n) is 7.99.